The molecule has 2 aromatic rings. The van der Waals surface area contributed by atoms with Crippen molar-refractivity contribution in [1.29, 1.82) is 0 Å². The summed E-state index contributed by atoms with van der Waals surface area (Å²) in [6, 6.07) is 6.20. The van der Waals surface area contributed by atoms with E-state index in [1.165, 1.54) is 6.07 Å². The Hall–Kier alpha value is -1.63. The minimum absolute atomic E-state index is 0.0311. The van der Waals surface area contributed by atoms with Gasteiger partial charge in [-0.05, 0) is 36.4 Å². The van der Waals surface area contributed by atoms with Crippen LogP contribution in [-0.2, 0) is 12.7 Å². The molecule has 0 aliphatic heterocycles. The van der Waals surface area contributed by atoms with Crippen LogP contribution in [0, 0.1) is 11.6 Å². The van der Waals surface area contributed by atoms with Gasteiger partial charge in [-0.15, -0.1) is 0 Å². The number of anilines is 1. The van der Waals surface area contributed by atoms with Gasteiger partial charge < -0.3 is 5.32 Å². The Labute approximate surface area is 125 Å². The van der Waals surface area contributed by atoms with E-state index in [9.17, 15) is 22.0 Å². The summed E-state index contributed by atoms with van der Waals surface area (Å²) in [6.07, 6.45) is -4.48. The Bertz CT molecular complexity index is 654. The van der Waals surface area contributed by atoms with Gasteiger partial charge in [0.25, 0.3) is 0 Å². The average molecular weight is 366 g/mol. The van der Waals surface area contributed by atoms with Gasteiger partial charge in [0.2, 0.25) is 0 Å². The number of hydrogen-bond acceptors (Lipinski definition) is 1. The predicted octanol–water partition coefficient (Wildman–Crippen LogP) is 5.36. The van der Waals surface area contributed by atoms with E-state index >= 15 is 0 Å². The molecule has 0 aromatic heterocycles. The van der Waals surface area contributed by atoms with Crippen molar-refractivity contribution in [2.24, 2.45) is 0 Å². The van der Waals surface area contributed by atoms with Crippen LogP contribution >= 0.6 is 15.9 Å². The maximum atomic E-state index is 13.4. The van der Waals surface area contributed by atoms with Crippen LogP contribution in [0.2, 0.25) is 0 Å². The maximum absolute atomic E-state index is 13.4. The molecule has 7 heteroatoms. The summed E-state index contributed by atoms with van der Waals surface area (Å²) in [6.45, 7) is -0.128. The van der Waals surface area contributed by atoms with Gasteiger partial charge in [-0.1, -0.05) is 15.9 Å². The lowest BCUT2D eigenvalue weighted by molar-refractivity contribution is -0.137. The summed E-state index contributed by atoms with van der Waals surface area (Å²) in [5.74, 6) is -1.24. The molecule has 0 radical (unpaired) electrons. The lowest BCUT2D eigenvalue weighted by atomic mass is 10.1. The third kappa shape index (κ3) is 4.17. The molecule has 0 fully saturated rings. The highest BCUT2D eigenvalue weighted by Crippen LogP contribution is 2.33. The van der Waals surface area contributed by atoms with Crippen molar-refractivity contribution in [2.75, 3.05) is 5.32 Å². The molecule has 0 saturated carbocycles. The van der Waals surface area contributed by atoms with Gasteiger partial charge in [-0.25, -0.2) is 8.78 Å². The number of nitrogens with one attached hydrogen (secondary N) is 1. The molecule has 112 valence electrons. The topological polar surface area (TPSA) is 12.0 Å². The highest BCUT2D eigenvalue weighted by molar-refractivity contribution is 9.10. The van der Waals surface area contributed by atoms with E-state index in [2.05, 4.69) is 21.2 Å². The fraction of sp³-hybridized carbons (Fsp3) is 0.143. The normalized spacial score (nSPS) is 11.5. The minimum Gasteiger partial charge on any atom is -0.381 e. The molecule has 2 aromatic carbocycles. The molecule has 1 nitrogen and oxygen atoms in total. The molecular weight excluding hydrogens is 357 g/mol. The highest BCUT2D eigenvalue weighted by atomic mass is 79.9. The second kappa shape index (κ2) is 6.01. The fourth-order valence-corrected chi connectivity index (χ4v) is 2.22. The van der Waals surface area contributed by atoms with E-state index in [1.54, 1.807) is 0 Å². The second-order valence-corrected chi connectivity index (χ2v) is 5.23. The molecule has 0 spiro atoms. The molecule has 21 heavy (non-hydrogen) atoms. The molecule has 0 amide bonds. The van der Waals surface area contributed by atoms with Crippen LogP contribution in [0.5, 0.6) is 0 Å². The minimum atomic E-state index is -4.48. The summed E-state index contributed by atoms with van der Waals surface area (Å²) in [5.41, 5.74) is -0.650. The maximum Gasteiger partial charge on any atom is 0.416 e. The molecular formula is C14H9BrF5N. The van der Waals surface area contributed by atoms with Crippen LogP contribution in [-0.4, -0.2) is 0 Å². The standard InChI is InChI=1S/C14H9BrF5N/c15-10-4-9(14(18,19)20)5-12(6-10)21-7-8-3-11(16)1-2-13(8)17/h1-6,21H,7H2. The Balaban J connectivity index is 2.20. The van der Waals surface area contributed by atoms with Gasteiger partial charge in [0.05, 0.1) is 5.56 Å². The third-order valence-corrected chi connectivity index (χ3v) is 3.17. The zero-order chi connectivity index (χ0) is 15.6. The molecule has 0 aliphatic carbocycles. The first-order valence-electron chi connectivity index (χ1n) is 5.81. The number of alkyl halides is 3. The summed E-state index contributed by atoms with van der Waals surface area (Å²) in [4.78, 5) is 0. The Morgan fingerprint density at radius 2 is 1.71 bits per heavy atom. The van der Waals surface area contributed by atoms with Gasteiger partial charge in [0, 0.05) is 22.3 Å². The summed E-state index contributed by atoms with van der Waals surface area (Å²) < 4.78 is 64.7. The fourth-order valence-electron chi connectivity index (χ4n) is 1.73. The number of benzene rings is 2. The Morgan fingerprint density at radius 3 is 2.38 bits per heavy atom. The monoisotopic (exact) mass is 365 g/mol. The first kappa shape index (κ1) is 15.8. The van der Waals surface area contributed by atoms with Gasteiger partial charge in [0.15, 0.2) is 0 Å². The average Bonchev–Trinajstić information content (AvgIpc) is 2.38. The molecule has 0 unspecified atom stereocenters. The zero-order valence-corrected chi connectivity index (χ0v) is 12.0. The van der Waals surface area contributed by atoms with Crippen LogP contribution in [0.3, 0.4) is 0 Å². The largest absolute Gasteiger partial charge is 0.416 e. The second-order valence-electron chi connectivity index (χ2n) is 4.32. The number of halogens is 6. The van der Waals surface area contributed by atoms with Crippen molar-refractivity contribution in [3.8, 4) is 0 Å². The van der Waals surface area contributed by atoms with Gasteiger partial charge in [-0.2, -0.15) is 13.2 Å². The smallest absolute Gasteiger partial charge is 0.381 e. The molecule has 0 aliphatic rings. The van der Waals surface area contributed by atoms with Crippen molar-refractivity contribution in [3.63, 3.8) is 0 Å². The van der Waals surface area contributed by atoms with E-state index in [0.717, 1.165) is 30.3 Å². The van der Waals surface area contributed by atoms with Crippen LogP contribution < -0.4 is 5.32 Å². The van der Waals surface area contributed by atoms with E-state index < -0.39 is 23.4 Å². The van der Waals surface area contributed by atoms with Crippen LogP contribution in [0.4, 0.5) is 27.6 Å². The van der Waals surface area contributed by atoms with Crippen LogP contribution in [0.1, 0.15) is 11.1 Å². The Morgan fingerprint density at radius 1 is 1.00 bits per heavy atom. The summed E-state index contributed by atoms with van der Waals surface area (Å²) in [5, 5.41) is 2.65. The van der Waals surface area contributed by atoms with Crippen LogP contribution in [0.25, 0.3) is 0 Å². The summed E-state index contributed by atoms with van der Waals surface area (Å²) in [7, 11) is 0. The molecule has 2 rings (SSSR count). The van der Waals surface area contributed by atoms with E-state index in [1.807, 2.05) is 0 Å². The molecule has 0 bridgehead atoms. The lowest BCUT2D eigenvalue weighted by Gasteiger charge is -2.12. The number of hydrogen-bond donors (Lipinski definition) is 1. The third-order valence-electron chi connectivity index (χ3n) is 2.72. The summed E-state index contributed by atoms with van der Waals surface area (Å²) >= 11 is 2.98. The van der Waals surface area contributed by atoms with Gasteiger partial charge in [0.1, 0.15) is 11.6 Å². The van der Waals surface area contributed by atoms with E-state index in [0.29, 0.717) is 0 Å². The first-order chi connectivity index (χ1) is 9.75. The quantitative estimate of drug-likeness (QED) is 0.722. The lowest BCUT2D eigenvalue weighted by Crippen LogP contribution is -2.07. The van der Waals surface area contributed by atoms with Crippen molar-refractivity contribution in [1.82, 2.24) is 0 Å². The zero-order valence-electron chi connectivity index (χ0n) is 10.4. The predicted molar refractivity (Wildman–Crippen MR) is 72.8 cm³/mol. The van der Waals surface area contributed by atoms with E-state index in [4.69, 9.17) is 0 Å². The van der Waals surface area contributed by atoms with Gasteiger partial charge >= 0.3 is 6.18 Å². The van der Waals surface area contributed by atoms with Gasteiger partial charge in [-0.3, -0.25) is 0 Å². The number of rotatable bonds is 3. The molecule has 0 saturated heterocycles. The SMILES string of the molecule is Fc1ccc(F)c(CNc2cc(Br)cc(C(F)(F)F)c2)c1. The van der Waals surface area contributed by atoms with E-state index in [-0.39, 0.29) is 22.3 Å². The first-order valence-corrected chi connectivity index (χ1v) is 6.60. The van der Waals surface area contributed by atoms with Crippen molar-refractivity contribution in [2.45, 2.75) is 12.7 Å². The van der Waals surface area contributed by atoms with Crippen molar-refractivity contribution in [3.05, 3.63) is 63.6 Å². The molecule has 1 N–H and O–H groups in total. The van der Waals surface area contributed by atoms with Crippen molar-refractivity contribution < 1.29 is 22.0 Å². The molecule has 0 heterocycles. The molecule has 0 atom stereocenters. The van der Waals surface area contributed by atoms with Crippen molar-refractivity contribution >= 4 is 21.6 Å². The highest BCUT2D eigenvalue weighted by Gasteiger charge is 2.31. The van der Waals surface area contributed by atoms with Crippen LogP contribution in [0.15, 0.2) is 40.9 Å². The Kier molecular flexibility index (Phi) is 4.51.